The van der Waals surface area contributed by atoms with Gasteiger partial charge in [0.15, 0.2) is 5.16 Å². The van der Waals surface area contributed by atoms with Crippen molar-refractivity contribution < 1.29 is 4.79 Å². The summed E-state index contributed by atoms with van der Waals surface area (Å²) in [4.78, 5) is 28.5. The first-order chi connectivity index (χ1) is 11.5. The molecule has 24 heavy (non-hydrogen) atoms. The fourth-order valence-corrected chi connectivity index (χ4v) is 3.23. The van der Waals surface area contributed by atoms with E-state index in [4.69, 9.17) is 17.3 Å². The summed E-state index contributed by atoms with van der Waals surface area (Å²) in [5, 5.41) is 1.43. The summed E-state index contributed by atoms with van der Waals surface area (Å²) in [5.41, 5.74) is 6.52. The van der Waals surface area contributed by atoms with Gasteiger partial charge in [0.25, 0.3) is 5.56 Å². The van der Waals surface area contributed by atoms with Crippen molar-refractivity contribution in [2.45, 2.75) is 11.7 Å². The molecule has 0 radical (unpaired) electrons. The topological polar surface area (TPSA) is 78.0 Å². The van der Waals surface area contributed by atoms with Gasteiger partial charge in [0.05, 0.1) is 23.2 Å². The lowest BCUT2D eigenvalue weighted by molar-refractivity contribution is -0.115. The molecule has 1 aromatic heterocycles. The summed E-state index contributed by atoms with van der Waals surface area (Å²) in [6.07, 6.45) is 0. The Balaban J connectivity index is 2.14. The standard InChI is InChI=1S/C17H14ClN3O2S/c18-12-6-7-13-14(8-12)20-17(24-10-15(19)22)21(16(13)23)9-11-4-2-1-3-5-11/h1-8H,9-10H2,(H2,19,22). The molecule has 3 aromatic rings. The third kappa shape index (κ3) is 3.60. The number of benzene rings is 2. The monoisotopic (exact) mass is 359 g/mol. The zero-order chi connectivity index (χ0) is 17.1. The van der Waals surface area contributed by atoms with Crippen LogP contribution in [0.1, 0.15) is 5.56 Å². The minimum Gasteiger partial charge on any atom is -0.369 e. The van der Waals surface area contributed by atoms with Gasteiger partial charge in [0.2, 0.25) is 5.91 Å². The van der Waals surface area contributed by atoms with E-state index in [1.54, 1.807) is 22.8 Å². The highest BCUT2D eigenvalue weighted by molar-refractivity contribution is 7.99. The average Bonchev–Trinajstić information content (AvgIpc) is 2.56. The van der Waals surface area contributed by atoms with E-state index >= 15 is 0 Å². The molecule has 0 atom stereocenters. The fourth-order valence-electron chi connectivity index (χ4n) is 2.33. The third-order valence-electron chi connectivity index (χ3n) is 3.41. The lowest BCUT2D eigenvalue weighted by atomic mass is 10.2. The highest BCUT2D eigenvalue weighted by Gasteiger charge is 2.13. The maximum atomic E-state index is 12.9. The Labute approximate surface area is 147 Å². The number of amides is 1. The molecule has 2 N–H and O–H groups in total. The van der Waals surface area contributed by atoms with Crippen LogP contribution in [0.2, 0.25) is 5.02 Å². The number of primary amides is 1. The van der Waals surface area contributed by atoms with E-state index in [0.717, 1.165) is 17.3 Å². The van der Waals surface area contributed by atoms with Crippen molar-refractivity contribution in [3.63, 3.8) is 0 Å². The molecule has 0 aliphatic rings. The van der Waals surface area contributed by atoms with Gasteiger partial charge in [0.1, 0.15) is 0 Å². The van der Waals surface area contributed by atoms with Crippen molar-refractivity contribution in [2.75, 3.05) is 5.75 Å². The van der Waals surface area contributed by atoms with Gasteiger partial charge in [-0.15, -0.1) is 0 Å². The van der Waals surface area contributed by atoms with Crippen LogP contribution in [-0.4, -0.2) is 21.2 Å². The second-order valence-electron chi connectivity index (χ2n) is 5.19. The number of thioether (sulfide) groups is 1. The molecule has 1 amide bonds. The number of hydrogen-bond donors (Lipinski definition) is 1. The molecule has 0 saturated carbocycles. The Morgan fingerprint density at radius 1 is 1.21 bits per heavy atom. The first-order valence-corrected chi connectivity index (χ1v) is 8.56. The first kappa shape index (κ1) is 16.5. The van der Waals surface area contributed by atoms with Crippen LogP contribution >= 0.6 is 23.4 Å². The summed E-state index contributed by atoms with van der Waals surface area (Å²) in [6.45, 7) is 0.367. The molecule has 0 fully saturated rings. The smallest absolute Gasteiger partial charge is 0.262 e. The lowest BCUT2D eigenvalue weighted by Crippen LogP contribution is -2.25. The van der Waals surface area contributed by atoms with E-state index in [0.29, 0.717) is 27.6 Å². The summed E-state index contributed by atoms with van der Waals surface area (Å²) in [5.74, 6) is -0.417. The van der Waals surface area contributed by atoms with Crippen LogP contribution in [0.25, 0.3) is 10.9 Å². The van der Waals surface area contributed by atoms with E-state index in [2.05, 4.69) is 4.98 Å². The Hall–Kier alpha value is -2.31. The molecule has 0 spiro atoms. The van der Waals surface area contributed by atoms with Gasteiger partial charge in [-0.3, -0.25) is 14.2 Å². The molecule has 1 heterocycles. The first-order valence-electron chi connectivity index (χ1n) is 7.20. The molecule has 0 aliphatic carbocycles. The number of aromatic nitrogens is 2. The Morgan fingerprint density at radius 2 is 1.96 bits per heavy atom. The lowest BCUT2D eigenvalue weighted by Gasteiger charge is -2.13. The Bertz CT molecular complexity index is 957. The highest BCUT2D eigenvalue weighted by atomic mass is 35.5. The molecule has 0 bridgehead atoms. The highest BCUT2D eigenvalue weighted by Crippen LogP contribution is 2.21. The maximum absolute atomic E-state index is 12.9. The van der Waals surface area contributed by atoms with Crippen LogP contribution in [0.4, 0.5) is 0 Å². The maximum Gasteiger partial charge on any atom is 0.262 e. The molecule has 5 nitrogen and oxygen atoms in total. The molecule has 0 unspecified atom stereocenters. The van der Waals surface area contributed by atoms with Gasteiger partial charge >= 0.3 is 0 Å². The molecular formula is C17H14ClN3O2S. The van der Waals surface area contributed by atoms with Crippen molar-refractivity contribution in [2.24, 2.45) is 5.73 Å². The number of rotatable bonds is 5. The van der Waals surface area contributed by atoms with Crippen LogP contribution in [0.3, 0.4) is 0 Å². The minimum atomic E-state index is -0.466. The molecule has 7 heteroatoms. The van der Waals surface area contributed by atoms with Gasteiger partial charge in [-0.2, -0.15) is 0 Å². The zero-order valence-electron chi connectivity index (χ0n) is 12.6. The summed E-state index contributed by atoms with van der Waals surface area (Å²) < 4.78 is 1.55. The summed E-state index contributed by atoms with van der Waals surface area (Å²) >= 11 is 7.13. The van der Waals surface area contributed by atoms with Gasteiger partial charge < -0.3 is 5.73 Å². The molecular weight excluding hydrogens is 346 g/mol. The zero-order valence-corrected chi connectivity index (χ0v) is 14.2. The normalized spacial score (nSPS) is 10.9. The Morgan fingerprint density at radius 3 is 2.67 bits per heavy atom. The minimum absolute atomic E-state index is 0.0489. The second kappa shape index (κ2) is 7.07. The summed E-state index contributed by atoms with van der Waals surface area (Å²) in [7, 11) is 0. The number of halogens is 1. The van der Waals surface area contributed by atoms with Gasteiger partial charge in [-0.1, -0.05) is 53.7 Å². The molecule has 2 aromatic carbocycles. The van der Waals surface area contributed by atoms with Crippen LogP contribution in [-0.2, 0) is 11.3 Å². The number of carbonyl (C=O) groups is 1. The van der Waals surface area contributed by atoms with Crippen molar-refractivity contribution in [1.82, 2.24) is 9.55 Å². The molecule has 3 rings (SSSR count). The van der Waals surface area contributed by atoms with E-state index in [9.17, 15) is 9.59 Å². The third-order valence-corrected chi connectivity index (χ3v) is 4.64. The SMILES string of the molecule is NC(=O)CSc1nc2cc(Cl)ccc2c(=O)n1Cc1ccccc1. The molecule has 0 saturated heterocycles. The number of nitrogens with two attached hydrogens (primary N) is 1. The van der Waals surface area contributed by atoms with E-state index in [1.165, 1.54) is 0 Å². The van der Waals surface area contributed by atoms with Crippen molar-refractivity contribution in [1.29, 1.82) is 0 Å². The average molecular weight is 360 g/mol. The number of carbonyl (C=O) groups excluding carboxylic acids is 1. The van der Waals surface area contributed by atoms with E-state index in [-0.39, 0.29) is 11.3 Å². The van der Waals surface area contributed by atoms with Crippen LogP contribution < -0.4 is 11.3 Å². The fraction of sp³-hybridized carbons (Fsp3) is 0.118. The van der Waals surface area contributed by atoms with Crippen molar-refractivity contribution in [3.8, 4) is 0 Å². The molecule has 122 valence electrons. The largest absolute Gasteiger partial charge is 0.369 e. The number of nitrogens with zero attached hydrogens (tertiary/aromatic N) is 2. The van der Waals surface area contributed by atoms with Crippen LogP contribution in [0.5, 0.6) is 0 Å². The van der Waals surface area contributed by atoms with Crippen LogP contribution in [0.15, 0.2) is 58.5 Å². The van der Waals surface area contributed by atoms with Crippen molar-refractivity contribution >= 4 is 40.2 Å². The molecule has 0 aliphatic heterocycles. The van der Waals surface area contributed by atoms with Gasteiger partial charge in [-0.25, -0.2) is 4.98 Å². The van der Waals surface area contributed by atoms with E-state index in [1.807, 2.05) is 30.3 Å². The summed E-state index contributed by atoms with van der Waals surface area (Å²) in [6, 6.07) is 14.6. The number of fused-ring (bicyclic) bond motifs is 1. The van der Waals surface area contributed by atoms with Gasteiger partial charge in [0, 0.05) is 5.02 Å². The predicted molar refractivity (Wildman–Crippen MR) is 96.5 cm³/mol. The van der Waals surface area contributed by atoms with Gasteiger partial charge in [-0.05, 0) is 23.8 Å². The van der Waals surface area contributed by atoms with Crippen molar-refractivity contribution in [3.05, 3.63) is 69.5 Å². The Kier molecular flexibility index (Phi) is 4.87. The second-order valence-corrected chi connectivity index (χ2v) is 6.57. The quantitative estimate of drug-likeness (QED) is 0.561. The van der Waals surface area contributed by atoms with E-state index < -0.39 is 5.91 Å². The predicted octanol–water partition coefficient (Wildman–Crippen LogP) is 2.68. The van der Waals surface area contributed by atoms with Crippen LogP contribution in [0, 0.1) is 0 Å². The number of hydrogen-bond acceptors (Lipinski definition) is 4.